The summed E-state index contributed by atoms with van der Waals surface area (Å²) in [5, 5.41) is 8.45. The van der Waals surface area contributed by atoms with Gasteiger partial charge in [-0.3, -0.25) is 0 Å². The molecular weight excluding hydrogens is 300 g/mol. The summed E-state index contributed by atoms with van der Waals surface area (Å²) in [6.07, 6.45) is -9.72. The Kier molecular flexibility index (Phi) is 2.79. The van der Waals surface area contributed by atoms with Gasteiger partial charge in [0, 0.05) is 0 Å². The summed E-state index contributed by atoms with van der Waals surface area (Å²) < 4.78 is 75.6. The predicted octanol–water partition coefficient (Wildman–Crippen LogP) is 1.94. The summed E-state index contributed by atoms with van der Waals surface area (Å²) in [5.41, 5.74) is 2.22. The third-order valence-electron chi connectivity index (χ3n) is 2.28. The lowest BCUT2D eigenvalue weighted by Crippen LogP contribution is -2.47. The van der Waals surface area contributed by atoms with E-state index in [2.05, 4.69) is 15.3 Å². The average Bonchev–Trinajstić information content (AvgIpc) is 2.70. The second-order valence-corrected chi connectivity index (χ2v) is 4.78. The smallest absolute Gasteiger partial charge is 0.312 e. The van der Waals surface area contributed by atoms with E-state index in [9.17, 15) is 26.3 Å². The molecule has 0 saturated heterocycles. The molecule has 0 spiro atoms. The predicted molar refractivity (Wildman–Crippen MR) is 51.3 cm³/mol. The number of hydrogen-bond donors (Lipinski definition) is 1. The van der Waals surface area contributed by atoms with Gasteiger partial charge in [0.25, 0.3) is 5.82 Å². The van der Waals surface area contributed by atoms with Crippen LogP contribution in [-0.2, 0) is 11.7 Å². The lowest BCUT2D eigenvalue weighted by molar-refractivity contribution is -0.184. The maximum Gasteiger partial charge on any atom is 0.453 e. The van der Waals surface area contributed by atoms with Crippen molar-refractivity contribution < 1.29 is 26.3 Å². The lowest BCUT2D eigenvalue weighted by Gasteiger charge is -2.24. The van der Waals surface area contributed by atoms with Gasteiger partial charge in [0.05, 0.1) is 0 Å². The van der Waals surface area contributed by atoms with Gasteiger partial charge in [0.2, 0.25) is 4.96 Å². The monoisotopic (exact) mass is 305 g/mol. The molecule has 0 aliphatic carbocycles. The fraction of sp³-hybridized carbons (Fsp3) is 0.571. The Morgan fingerprint density at radius 3 is 2.16 bits per heavy atom. The van der Waals surface area contributed by atoms with Gasteiger partial charge in [-0.1, -0.05) is 11.3 Å². The lowest BCUT2D eigenvalue weighted by atomic mass is 10.1. The minimum absolute atomic E-state index is 0.205. The number of alkyl halides is 6. The minimum Gasteiger partial charge on any atom is -0.312 e. The van der Waals surface area contributed by atoms with Gasteiger partial charge < -0.3 is 5.73 Å². The zero-order valence-electron chi connectivity index (χ0n) is 9.04. The van der Waals surface area contributed by atoms with Crippen LogP contribution in [0, 0.1) is 0 Å². The van der Waals surface area contributed by atoms with Crippen molar-refractivity contribution in [2.75, 3.05) is 0 Å². The number of rotatable bonds is 1. The van der Waals surface area contributed by atoms with Crippen LogP contribution in [-0.4, -0.2) is 26.0 Å². The van der Waals surface area contributed by atoms with Crippen LogP contribution in [0.5, 0.6) is 0 Å². The number of aromatic nitrogens is 4. The van der Waals surface area contributed by atoms with Crippen molar-refractivity contribution in [3.05, 3.63) is 10.8 Å². The van der Waals surface area contributed by atoms with Gasteiger partial charge in [-0.15, -0.1) is 10.2 Å². The van der Waals surface area contributed by atoms with E-state index < -0.39 is 33.7 Å². The van der Waals surface area contributed by atoms with Gasteiger partial charge in [-0.2, -0.15) is 36.0 Å². The zero-order chi connectivity index (χ0) is 14.6. The first-order chi connectivity index (χ1) is 8.44. The molecule has 2 aromatic heterocycles. The van der Waals surface area contributed by atoms with Crippen molar-refractivity contribution in [2.24, 2.45) is 5.73 Å². The fourth-order valence-electron chi connectivity index (χ4n) is 1.12. The van der Waals surface area contributed by atoms with Crippen molar-refractivity contribution >= 4 is 16.3 Å². The van der Waals surface area contributed by atoms with Gasteiger partial charge >= 0.3 is 12.4 Å². The first-order valence-electron chi connectivity index (χ1n) is 4.60. The molecule has 2 rings (SSSR count). The SMILES string of the molecule is CC(N)(c1nn2c(C(F)(F)F)nnc2s1)C(F)(F)F. The quantitative estimate of drug-likeness (QED) is 0.818. The second-order valence-electron chi connectivity index (χ2n) is 3.82. The molecule has 2 heterocycles. The fourth-order valence-corrected chi connectivity index (χ4v) is 2.04. The highest BCUT2D eigenvalue weighted by Crippen LogP contribution is 2.38. The van der Waals surface area contributed by atoms with Crippen molar-refractivity contribution in [1.82, 2.24) is 19.8 Å². The molecule has 2 aromatic rings. The third kappa shape index (κ3) is 2.14. The molecule has 0 bridgehead atoms. The first kappa shape index (κ1) is 14.0. The average molecular weight is 305 g/mol. The maximum absolute atomic E-state index is 12.7. The van der Waals surface area contributed by atoms with Gasteiger partial charge in [0.15, 0.2) is 5.54 Å². The van der Waals surface area contributed by atoms with E-state index in [1.54, 1.807) is 0 Å². The van der Waals surface area contributed by atoms with Crippen LogP contribution in [0.1, 0.15) is 17.8 Å². The molecule has 1 atom stereocenters. The Hall–Kier alpha value is -1.43. The van der Waals surface area contributed by atoms with Crippen LogP contribution in [0.3, 0.4) is 0 Å². The van der Waals surface area contributed by atoms with Crippen LogP contribution in [0.15, 0.2) is 0 Å². The molecule has 1 unspecified atom stereocenters. The standard InChI is InChI=1S/C7H5F6N5S/c1-5(14,7(11,12)13)3-17-18-2(6(8,9)10)15-16-4(18)19-3/h14H2,1H3. The van der Waals surface area contributed by atoms with E-state index >= 15 is 0 Å². The Morgan fingerprint density at radius 2 is 1.68 bits per heavy atom. The zero-order valence-corrected chi connectivity index (χ0v) is 9.86. The normalized spacial score (nSPS) is 16.8. The highest BCUT2D eigenvalue weighted by Gasteiger charge is 2.52. The molecule has 12 heteroatoms. The Labute approximate surface area is 105 Å². The van der Waals surface area contributed by atoms with Crippen molar-refractivity contribution in [2.45, 2.75) is 24.8 Å². The summed E-state index contributed by atoms with van der Waals surface area (Å²) >= 11 is 0.301. The molecule has 106 valence electrons. The van der Waals surface area contributed by atoms with E-state index in [-0.39, 0.29) is 4.52 Å². The van der Waals surface area contributed by atoms with E-state index in [0.717, 1.165) is 0 Å². The van der Waals surface area contributed by atoms with Crippen molar-refractivity contribution in [1.29, 1.82) is 0 Å². The molecule has 2 N–H and O–H groups in total. The summed E-state index contributed by atoms with van der Waals surface area (Å²) in [5.74, 6) is -1.50. The van der Waals surface area contributed by atoms with Gasteiger partial charge in [0.1, 0.15) is 5.01 Å². The van der Waals surface area contributed by atoms with E-state index in [1.165, 1.54) is 0 Å². The topological polar surface area (TPSA) is 69.1 Å². The maximum atomic E-state index is 12.7. The molecule has 0 fully saturated rings. The van der Waals surface area contributed by atoms with Crippen molar-refractivity contribution in [3.63, 3.8) is 0 Å². The molecule has 0 aliphatic rings. The molecule has 0 aromatic carbocycles. The van der Waals surface area contributed by atoms with Crippen molar-refractivity contribution in [3.8, 4) is 0 Å². The molecule has 0 aliphatic heterocycles. The second kappa shape index (κ2) is 3.79. The number of fused-ring (bicyclic) bond motifs is 1. The van der Waals surface area contributed by atoms with Gasteiger partial charge in [-0.05, 0) is 6.92 Å². The van der Waals surface area contributed by atoms with E-state index in [1.807, 2.05) is 0 Å². The van der Waals surface area contributed by atoms with Crippen LogP contribution < -0.4 is 5.73 Å². The summed E-state index contributed by atoms with van der Waals surface area (Å²) in [7, 11) is 0. The van der Waals surface area contributed by atoms with Crippen LogP contribution >= 0.6 is 11.3 Å². The number of nitrogens with zero attached hydrogens (tertiary/aromatic N) is 4. The van der Waals surface area contributed by atoms with Crippen LogP contribution in [0.4, 0.5) is 26.3 Å². The number of nitrogens with two attached hydrogens (primary N) is 1. The number of halogens is 6. The summed E-state index contributed by atoms with van der Waals surface area (Å²) in [6, 6.07) is 0. The molecule has 19 heavy (non-hydrogen) atoms. The van der Waals surface area contributed by atoms with E-state index in [4.69, 9.17) is 5.73 Å². The molecule has 0 amide bonds. The molecule has 0 saturated carbocycles. The largest absolute Gasteiger partial charge is 0.453 e. The third-order valence-corrected chi connectivity index (χ3v) is 3.41. The summed E-state index contributed by atoms with van der Waals surface area (Å²) in [4.78, 5) is -0.414. The Bertz CT molecular complexity index is 608. The molecular formula is C7H5F6N5S. The van der Waals surface area contributed by atoms with E-state index in [0.29, 0.717) is 18.3 Å². The number of hydrogen-bond acceptors (Lipinski definition) is 5. The molecule has 5 nitrogen and oxygen atoms in total. The Balaban J connectivity index is 2.58. The highest BCUT2D eigenvalue weighted by molar-refractivity contribution is 7.16. The van der Waals surface area contributed by atoms with Crippen LogP contribution in [0.25, 0.3) is 4.96 Å². The molecule has 0 radical (unpaired) electrons. The first-order valence-corrected chi connectivity index (χ1v) is 5.42. The minimum atomic E-state index is -4.87. The van der Waals surface area contributed by atoms with Gasteiger partial charge in [-0.25, -0.2) is 0 Å². The summed E-state index contributed by atoms with van der Waals surface area (Å²) in [6.45, 7) is 0.617. The highest BCUT2D eigenvalue weighted by atomic mass is 32.1. The Morgan fingerprint density at radius 1 is 1.11 bits per heavy atom. The van der Waals surface area contributed by atoms with Crippen LogP contribution in [0.2, 0.25) is 0 Å².